The maximum absolute atomic E-state index is 9.64. The molecule has 6 nitrogen and oxygen atoms in total. The fourth-order valence-corrected chi connectivity index (χ4v) is 2.83. The number of hydrogen-bond acceptors (Lipinski definition) is 6. The lowest BCUT2D eigenvalue weighted by atomic mass is 10.1. The van der Waals surface area contributed by atoms with Crippen molar-refractivity contribution in [1.82, 2.24) is 9.97 Å². The minimum absolute atomic E-state index is 0.492. The van der Waals surface area contributed by atoms with Crippen LogP contribution in [0.5, 0.6) is 0 Å². The van der Waals surface area contributed by atoms with Gasteiger partial charge in [-0.25, -0.2) is 4.98 Å². The van der Waals surface area contributed by atoms with Crippen LogP contribution >= 0.6 is 0 Å². The molecule has 0 spiro atoms. The summed E-state index contributed by atoms with van der Waals surface area (Å²) in [6, 6.07) is 19.2. The van der Waals surface area contributed by atoms with Gasteiger partial charge in [0.1, 0.15) is 11.6 Å². The third kappa shape index (κ3) is 3.91. The molecule has 4 aromatic rings. The average Bonchev–Trinajstić information content (AvgIpc) is 3.20. The number of benzene rings is 2. The number of furan rings is 1. The standard InChI is InChI=1S/C21H20N4O2/c1-14(26)15-8-10-16(11-9-15)23-21-24-19-7-3-2-6-18(19)20(25-21)22-13-17-5-4-12-27-17/h2-12,14,26H,13H2,1H3,(H2,22,23,24,25). The van der Waals surface area contributed by atoms with E-state index in [9.17, 15) is 5.11 Å². The van der Waals surface area contributed by atoms with Gasteiger partial charge in [-0.3, -0.25) is 0 Å². The van der Waals surface area contributed by atoms with Gasteiger partial charge in [0, 0.05) is 11.1 Å². The summed E-state index contributed by atoms with van der Waals surface area (Å²) in [7, 11) is 0. The van der Waals surface area contributed by atoms with Crippen LogP contribution in [0, 0.1) is 0 Å². The van der Waals surface area contributed by atoms with Crippen LogP contribution < -0.4 is 10.6 Å². The Bertz CT molecular complexity index is 1030. The number of aliphatic hydroxyl groups excluding tert-OH is 1. The molecule has 3 N–H and O–H groups in total. The molecular weight excluding hydrogens is 340 g/mol. The van der Waals surface area contributed by atoms with E-state index < -0.39 is 6.10 Å². The van der Waals surface area contributed by atoms with Gasteiger partial charge in [-0.1, -0.05) is 24.3 Å². The van der Waals surface area contributed by atoms with Gasteiger partial charge in [0.15, 0.2) is 0 Å². The molecule has 136 valence electrons. The van der Waals surface area contributed by atoms with Crippen molar-refractivity contribution in [3.05, 3.63) is 78.3 Å². The summed E-state index contributed by atoms with van der Waals surface area (Å²) in [5, 5.41) is 17.1. The molecule has 2 aromatic heterocycles. The van der Waals surface area contributed by atoms with Gasteiger partial charge in [0.05, 0.1) is 24.4 Å². The van der Waals surface area contributed by atoms with Gasteiger partial charge in [0.2, 0.25) is 5.95 Å². The first-order valence-corrected chi connectivity index (χ1v) is 8.77. The molecule has 27 heavy (non-hydrogen) atoms. The van der Waals surface area contributed by atoms with Gasteiger partial charge in [-0.15, -0.1) is 0 Å². The Kier molecular flexibility index (Phi) is 4.72. The van der Waals surface area contributed by atoms with E-state index >= 15 is 0 Å². The topological polar surface area (TPSA) is 83.2 Å². The Hall–Kier alpha value is -3.38. The van der Waals surface area contributed by atoms with E-state index in [1.54, 1.807) is 13.2 Å². The highest BCUT2D eigenvalue weighted by atomic mass is 16.3. The highest BCUT2D eigenvalue weighted by Crippen LogP contribution is 2.24. The molecule has 1 unspecified atom stereocenters. The van der Waals surface area contributed by atoms with E-state index in [1.165, 1.54) is 0 Å². The minimum atomic E-state index is -0.492. The summed E-state index contributed by atoms with van der Waals surface area (Å²) < 4.78 is 5.38. The Morgan fingerprint density at radius 2 is 1.81 bits per heavy atom. The van der Waals surface area contributed by atoms with Crippen LogP contribution in [0.15, 0.2) is 71.3 Å². The second kappa shape index (κ2) is 7.47. The Morgan fingerprint density at radius 1 is 1.00 bits per heavy atom. The molecule has 0 radical (unpaired) electrons. The quantitative estimate of drug-likeness (QED) is 0.465. The monoisotopic (exact) mass is 360 g/mol. The number of nitrogens with zero attached hydrogens (tertiary/aromatic N) is 2. The smallest absolute Gasteiger partial charge is 0.229 e. The molecule has 0 aliphatic carbocycles. The van der Waals surface area contributed by atoms with Gasteiger partial charge in [-0.05, 0) is 48.9 Å². The maximum atomic E-state index is 9.64. The molecular formula is C21H20N4O2. The van der Waals surface area contributed by atoms with E-state index in [1.807, 2.05) is 60.7 Å². The van der Waals surface area contributed by atoms with Gasteiger partial charge >= 0.3 is 0 Å². The van der Waals surface area contributed by atoms with E-state index in [0.717, 1.165) is 33.7 Å². The molecule has 0 aliphatic heterocycles. The van der Waals surface area contributed by atoms with E-state index in [0.29, 0.717) is 12.5 Å². The van der Waals surface area contributed by atoms with E-state index in [-0.39, 0.29) is 0 Å². The van der Waals surface area contributed by atoms with Crippen molar-refractivity contribution in [3.63, 3.8) is 0 Å². The van der Waals surface area contributed by atoms with Crippen molar-refractivity contribution in [2.75, 3.05) is 10.6 Å². The molecule has 2 aromatic carbocycles. The highest BCUT2D eigenvalue weighted by molar-refractivity contribution is 5.90. The second-order valence-corrected chi connectivity index (χ2v) is 6.27. The number of aliphatic hydroxyl groups is 1. The zero-order valence-corrected chi connectivity index (χ0v) is 14.9. The molecule has 0 saturated carbocycles. The number of nitrogens with one attached hydrogen (secondary N) is 2. The first-order valence-electron chi connectivity index (χ1n) is 8.77. The minimum Gasteiger partial charge on any atom is -0.467 e. The fourth-order valence-electron chi connectivity index (χ4n) is 2.83. The van der Waals surface area contributed by atoms with Crippen molar-refractivity contribution in [3.8, 4) is 0 Å². The fraction of sp³-hybridized carbons (Fsp3) is 0.143. The highest BCUT2D eigenvalue weighted by Gasteiger charge is 2.09. The third-order valence-corrected chi connectivity index (χ3v) is 4.26. The average molecular weight is 360 g/mol. The molecule has 2 heterocycles. The summed E-state index contributed by atoms with van der Waals surface area (Å²) >= 11 is 0. The maximum Gasteiger partial charge on any atom is 0.229 e. The second-order valence-electron chi connectivity index (χ2n) is 6.27. The lowest BCUT2D eigenvalue weighted by molar-refractivity contribution is 0.199. The van der Waals surface area contributed by atoms with Crippen LogP contribution in [0.1, 0.15) is 24.4 Å². The van der Waals surface area contributed by atoms with Gasteiger partial charge in [-0.2, -0.15) is 4.98 Å². The van der Waals surface area contributed by atoms with Crippen molar-refractivity contribution >= 4 is 28.4 Å². The zero-order valence-electron chi connectivity index (χ0n) is 14.9. The summed E-state index contributed by atoms with van der Waals surface area (Å²) in [6.45, 7) is 2.28. The van der Waals surface area contributed by atoms with Crippen LogP contribution in [0.4, 0.5) is 17.5 Å². The van der Waals surface area contributed by atoms with Crippen molar-refractivity contribution < 1.29 is 9.52 Å². The normalized spacial score (nSPS) is 12.1. The molecule has 0 saturated heterocycles. The number of anilines is 3. The molecule has 1 atom stereocenters. The predicted octanol–water partition coefficient (Wildman–Crippen LogP) is 4.63. The van der Waals surface area contributed by atoms with Crippen LogP contribution in [0.3, 0.4) is 0 Å². The summed E-state index contributed by atoms with van der Waals surface area (Å²) in [5.74, 6) is 2.07. The number of para-hydroxylation sites is 1. The zero-order chi connectivity index (χ0) is 18.6. The predicted molar refractivity (Wildman–Crippen MR) is 106 cm³/mol. The largest absolute Gasteiger partial charge is 0.467 e. The Labute approximate surface area is 156 Å². The van der Waals surface area contributed by atoms with E-state index in [2.05, 4.69) is 20.6 Å². The summed E-state index contributed by atoms with van der Waals surface area (Å²) in [6.07, 6.45) is 1.16. The van der Waals surface area contributed by atoms with Crippen LogP contribution in [0.2, 0.25) is 0 Å². The van der Waals surface area contributed by atoms with E-state index in [4.69, 9.17) is 4.42 Å². The Morgan fingerprint density at radius 3 is 2.56 bits per heavy atom. The summed E-state index contributed by atoms with van der Waals surface area (Å²) in [4.78, 5) is 9.23. The summed E-state index contributed by atoms with van der Waals surface area (Å²) in [5.41, 5.74) is 2.56. The number of aromatic nitrogens is 2. The molecule has 0 amide bonds. The molecule has 0 bridgehead atoms. The number of rotatable bonds is 6. The first kappa shape index (κ1) is 17.1. The molecule has 0 aliphatic rings. The van der Waals surface area contributed by atoms with Crippen LogP contribution in [0.25, 0.3) is 10.9 Å². The van der Waals surface area contributed by atoms with Crippen molar-refractivity contribution in [1.29, 1.82) is 0 Å². The lowest BCUT2D eigenvalue weighted by Crippen LogP contribution is -2.05. The third-order valence-electron chi connectivity index (χ3n) is 4.26. The van der Waals surface area contributed by atoms with Gasteiger partial charge < -0.3 is 20.2 Å². The number of fused-ring (bicyclic) bond motifs is 1. The van der Waals surface area contributed by atoms with Gasteiger partial charge in [0.25, 0.3) is 0 Å². The molecule has 4 rings (SSSR count). The van der Waals surface area contributed by atoms with Crippen molar-refractivity contribution in [2.24, 2.45) is 0 Å². The SMILES string of the molecule is CC(O)c1ccc(Nc2nc(NCc3ccco3)c3ccccc3n2)cc1. The first-order chi connectivity index (χ1) is 13.2. The van der Waals surface area contributed by atoms with Crippen LogP contribution in [-0.4, -0.2) is 15.1 Å². The Balaban J connectivity index is 1.62. The van der Waals surface area contributed by atoms with Crippen molar-refractivity contribution in [2.45, 2.75) is 19.6 Å². The molecule has 6 heteroatoms. The lowest BCUT2D eigenvalue weighted by Gasteiger charge is -2.12. The van der Waals surface area contributed by atoms with Crippen LogP contribution in [-0.2, 0) is 6.54 Å². The number of hydrogen-bond donors (Lipinski definition) is 3. The molecule has 0 fully saturated rings.